The molecule has 6 rings (SSSR count). The highest BCUT2D eigenvalue weighted by molar-refractivity contribution is 6.36. The van der Waals surface area contributed by atoms with Gasteiger partial charge in [-0.1, -0.05) is 23.7 Å². The smallest absolute Gasteiger partial charge is 0.319 e. The highest BCUT2D eigenvalue weighted by Crippen LogP contribution is 2.37. The van der Waals surface area contributed by atoms with E-state index in [9.17, 15) is 9.65 Å². The number of nitrogens with one attached hydrogen (secondary N) is 1. The minimum absolute atomic E-state index is 0.00120. The molecule has 206 valence electrons. The Kier molecular flexibility index (Phi) is 7.31. The summed E-state index contributed by atoms with van der Waals surface area (Å²) in [4.78, 5) is 21.8. The molecule has 2 saturated heterocycles. The number of benzene rings is 1. The Morgan fingerprint density at radius 2 is 2.10 bits per heavy atom. The van der Waals surface area contributed by atoms with Gasteiger partial charge in [0.15, 0.2) is 5.82 Å². The number of nitrogens with zero attached hydrogens (tertiary/aromatic N) is 7. The van der Waals surface area contributed by atoms with Crippen LogP contribution in [0.5, 0.6) is 6.01 Å². The van der Waals surface area contributed by atoms with E-state index in [0.29, 0.717) is 66.2 Å². The van der Waals surface area contributed by atoms with Crippen LogP contribution in [0.2, 0.25) is 5.02 Å². The topological polar surface area (TPSA) is 103 Å². The summed E-state index contributed by atoms with van der Waals surface area (Å²) in [6.07, 6.45) is 4.52. The van der Waals surface area contributed by atoms with Crippen LogP contribution in [0.25, 0.3) is 32.9 Å². The van der Waals surface area contributed by atoms with Gasteiger partial charge >= 0.3 is 6.01 Å². The number of hydrogen-bond donors (Lipinski definition) is 1. The van der Waals surface area contributed by atoms with Gasteiger partial charge in [-0.05, 0) is 19.5 Å². The summed E-state index contributed by atoms with van der Waals surface area (Å²) in [5.41, 5.74) is 0.559. The summed E-state index contributed by atoms with van der Waals surface area (Å²) < 4.78 is 36.3. The van der Waals surface area contributed by atoms with E-state index >= 15 is 4.39 Å². The number of pyridine rings is 2. The predicted molar refractivity (Wildman–Crippen MR) is 149 cm³/mol. The monoisotopic (exact) mass is 564 g/mol. The number of hydrogen-bond acceptors (Lipinski definition) is 9. The zero-order chi connectivity index (χ0) is 27.8. The molecule has 0 amide bonds. The van der Waals surface area contributed by atoms with Crippen LogP contribution in [0.3, 0.4) is 0 Å². The molecule has 12 heteroatoms. The molecule has 0 saturated carbocycles. The summed E-state index contributed by atoms with van der Waals surface area (Å²) >= 11 is 6.51. The maximum atomic E-state index is 16.4. The molecule has 9 nitrogen and oxygen atoms in total. The third-order valence-corrected chi connectivity index (χ3v) is 7.88. The molecule has 0 spiro atoms. The lowest BCUT2D eigenvalue weighted by atomic mass is 10.0. The molecule has 0 radical (unpaired) electrons. The molecule has 40 heavy (non-hydrogen) atoms. The van der Waals surface area contributed by atoms with Crippen molar-refractivity contribution >= 4 is 39.1 Å². The molecule has 0 bridgehead atoms. The van der Waals surface area contributed by atoms with Crippen LogP contribution in [-0.2, 0) is 0 Å². The van der Waals surface area contributed by atoms with Gasteiger partial charge in [-0.2, -0.15) is 15.2 Å². The number of nitriles is 1. The molecular formula is C28H27ClF2N8O. The minimum Gasteiger partial charge on any atom is -0.462 e. The molecule has 3 atom stereocenters. The highest BCUT2D eigenvalue weighted by atomic mass is 35.5. The number of aromatic nitrogens is 4. The molecule has 1 N–H and O–H groups in total. The van der Waals surface area contributed by atoms with Crippen molar-refractivity contribution in [1.82, 2.24) is 30.2 Å². The molecule has 2 fully saturated rings. The number of fused-ring (bicyclic) bond motifs is 2. The number of rotatable bonds is 6. The van der Waals surface area contributed by atoms with E-state index in [1.807, 2.05) is 29.0 Å². The van der Waals surface area contributed by atoms with Crippen molar-refractivity contribution in [3.05, 3.63) is 47.6 Å². The summed E-state index contributed by atoms with van der Waals surface area (Å²) in [6, 6.07) is 7.39. The molecule has 0 unspecified atom stereocenters. The number of ether oxygens (including phenoxy) is 1. The Bertz CT molecular complexity index is 1610. The van der Waals surface area contributed by atoms with Gasteiger partial charge < -0.3 is 15.0 Å². The Labute approximate surface area is 234 Å². The third kappa shape index (κ3) is 4.98. The Balaban J connectivity index is 1.46. The molecule has 2 aliphatic rings. The fraction of sp³-hybridized carbons (Fsp3) is 0.393. The second-order valence-corrected chi connectivity index (χ2v) is 10.6. The van der Waals surface area contributed by atoms with Gasteiger partial charge in [0.2, 0.25) is 0 Å². The lowest BCUT2D eigenvalue weighted by Gasteiger charge is -2.34. The summed E-state index contributed by atoms with van der Waals surface area (Å²) in [5.74, 6) is -0.176. The normalized spacial score (nSPS) is 21.7. The summed E-state index contributed by atoms with van der Waals surface area (Å²) in [5, 5.41) is 14.8. The second-order valence-electron chi connectivity index (χ2n) is 10.2. The Morgan fingerprint density at radius 3 is 2.90 bits per heavy atom. The molecule has 2 aliphatic heterocycles. The van der Waals surface area contributed by atoms with Crippen molar-refractivity contribution in [3.63, 3.8) is 0 Å². The maximum absolute atomic E-state index is 16.4. The summed E-state index contributed by atoms with van der Waals surface area (Å²) in [6.45, 7) is 2.23. The van der Waals surface area contributed by atoms with E-state index in [1.165, 1.54) is 6.20 Å². The largest absolute Gasteiger partial charge is 0.462 e. The maximum Gasteiger partial charge on any atom is 0.319 e. The predicted octanol–water partition coefficient (Wildman–Crippen LogP) is 4.15. The van der Waals surface area contributed by atoms with E-state index < -0.39 is 12.0 Å². The lowest BCUT2D eigenvalue weighted by molar-refractivity contribution is 0.188. The molecule has 0 aliphatic carbocycles. The van der Waals surface area contributed by atoms with E-state index in [1.54, 1.807) is 18.5 Å². The van der Waals surface area contributed by atoms with E-state index in [2.05, 4.69) is 31.3 Å². The number of likely N-dealkylation sites (N-methyl/N-ethyl adjacent to an activating group) is 1. The van der Waals surface area contributed by atoms with Crippen LogP contribution in [0.4, 0.5) is 14.6 Å². The number of anilines is 1. The SMILES string of the molecule is CN1C[C@H](F)C[C@H]1COc1nc(N2CCN[C@@H](CC#N)C2)c2cnc(-c3cncc4cccc(Cl)c34)c(F)c2n1. The summed E-state index contributed by atoms with van der Waals surface area (Å²) in [7, 11) is 1.84. The highest BCUT2D eigenvalue weighted by Gasteiger charge is 2.31. The van der Waals surface area contributed by atoms with Crippen molar-refractivity contribution < 1.29 is 13.5 Å². The minimum atomic E-state index is -0.920. The molecule has 4 aromatic rings. The molecule has 1 aromatic carbocycles. The van der Waals surface area contributed by atoms with Crippen LogP contribution in [-0.4, -0.2) is 82.9 Å². The number of piperazine rings is 1. The quantitative estimate of drug-likeness (QED) is 0.370. The fourth-order valence-electron chi connectivity index (χ4n) is 5.53. The first kappa shape index (κ1) is 26.5. The van der Waals surface area contributed by atoms with Crippen molar-refractivity contribution in [1.29, 1.82) is 5.26 Å². The second kappa shape index (κ2) is 11.0. The molecule has 5 heterocycles. The first-order valence-corrected chi connectivity index (χ1v) is 13.5. The lowest BCUT2D eigenvalue weighted by Crippen LogP contribution is -2.51. The Morgan fingerprint density at radius 1 is 1.23 bits per heavy atom. The third-order valence-electron chi connectivity index (χ3n) is 7.57. The van der Waals surface area contributed by atoms with Crippen molar-refractivity contribution in [2.24, 2.45) is 0 Å². The van der Waals surface area contributed by atoms with Gasteiger partial charge in [0.25, 0.3) is 0 Å². The molecule has 3 aromatic heterocycles. The van der Waals surface area contributed by atoms with Gasteiger partial charge in [0.05, 0.1) is 17.9 Å². The first-order valence-electron chi connectivity index (χ1n) is 13.1. The average molecular weight is 565 g/mol. The number of halogens is 3. The van der Waals surface area contributed by atoms with Crippen molar-refractivity contribution in [3.8, 4) is 23.3 Å². The fourth-order valence-corrected chi connectivity index (χ4v) is 5.81. The van der Waals surface area contributed by atoms with Crippen LogP contribution in [0.15, 0.2) is 36.8 Å². The van der Waals surface area contributed by atoms with Crippen LogP contribution in [0.1, 0.15) is 12.8 Å². The van der Waals surface area contributed by atoms with E-state index in [0.717, 1.165) is 5.39 Å². The average Bonchev–Trinajstić information content (AvgIpc) is 3.28. The van der Waals surface area contributed by atoms with Gasteiger partial charge in [0.1, 0.15) is 29.8 Å². The van der Waals surface area contributed by atoms with Gasteiger partial charge in [-0.15, -0.1) is 0 Å². The zero-order valence-corrected chi connectivity index (χ0v) is 22.6. The van der Waals surface area contributed by atoms with Crippen molar-refractivity contribution in [2.45, 2.75) is 31.1 Å². The first-order chi connectivity index (χ1) is 19.4. The molecular weight excluding hydrogens is 538 g/mol. The van der Waals surface area contributed by atoms with Crippen LogP contribution in [0, 0.1) is 17.1 Å². The standard InChI is InChI=1S/C28H27ClF2N8O/c1-38-13-17(30)9-19(38)15-40-28-36-26-21(27(37-28)39-8-7-34-18(14-39)5-6-32)12-35-25(24(26)31)20-11-33-10-16-3-2-4-22(29)23(16)20/h2-4,10-12,17-19,34H,5,7-9,13-15H2,1H3/t17-,18+,19+/m1/s1. The van der Waals surface area contributed by atoms with Gasteiger partial charge in [-0.3, -0.25) is 14.9 Å². The van der Waals surface area contributed by atoms with E-state index in [-0.39, 0.29) is 35.9 Å². The number of likely N-dealkylation sites (tertiary alicyclic amines) is 1. The van der Waals surface area contributed by atoms with Gasteiger partial charge in [0, 0.05) is 78.2 Å². The van der Waals surface area contributed by atoms with Crippen LogP contribution < -0.4 is 15.0 Å². The van der Waals surface area contributed by atoms with Crippen LogP contribution >= 0.6 is 11.6 Å². The van der Waals surface area contributed by atoms with Crippen molar-refractivity contribution in [2.75, 3.05) is 44.7 Å². The van der Waals surface area contributed by atoms with E-state index in [4.69, 9.17) is 16.3 Å². The zero-order valence-electron chi connectivity index (χ0n) is 21.8. The van der Waals surface area contributed by atoms with Gasteiger partial charge in [-0.25, -0.2) is 8.78 Å². The Hall–Kier alpha value is -3.72. The number of alkyl halides is 1.